The molecule has 2 aromatic heterocycles. The Balaban J connectivity index is 1.57. The van der Waals surface area contributed by atoms with E-state index < -0.39 is 0 Å². The fourth-order valence-electron chi connectivity index (χ4n) is 3.63. The highest BCUT2D eigenvalue weighted by molar-refractivity contribution is 5.81. The molecule has 1 aromatic carbocycles. The third-order valence-corrected chi connectivity index (χ3v) is 5.22. The molecule has 0 amide bonds. The van der Waals surface area contributed by atoms with Crippen molar-refractivity contribution in [3.63, 3.8) is 0 Å². The zero-order chi connectivity index (χ0) is 21.1. The number of imidazole rings is 1. The number of ether oxygens (including phenoxy) is 4. The zero-order valence-electron chi connectivity index (χ0n) is 17.7. The number of pyridine rings is 1. The van der Waals surface area contributed by atoms with Gasteiger partial charge < -0.3 is 34.1 Å². The molecule has 0 aliphatic carbocycles. The molecule has 1 unspecified atom stereocenters. The van der Waals surface area contributed by atoms with Crippen molar-refractivity contribution in [1.82, 2.24) is 14.5 Å². The van der Waals surface area contributed by atoms with Crippen LogP contribution in [0.3, 0.4) is 0 Å². The fourth-order valence-corrected chi connectivity index (χ4v) is 3.63. The van der Waals surface area contributed by atoms with Gasteiger partial charge >= 0.3 is 0 Å². The highest BCUT2D eigenvalue weighted by atomic mass is 16.5. The van der Waals surface area contributed by atoms with Crippen LogP contribution in [0.15, 0.2) is 24.4 Å². The minimum absolute atomic E-state index is 0.250. The van der Waals surface area contributed by atoms with E-state index in [0.717, 1.165) is 48.7 Å². The second-order valence-corrected chi connectivity index (χ2v) is 7.11. The Labute approximate surface area is 175 Å². The average molecular weight is 413 g/mol. The number of nitrogens with one attached hydrogen (secondary N) is 2. The Morgan fingerprint density at radius 2 is 1.90 bits per heavy atom. The predicted octanol–water partition coefficient (Wildman–Crippen LogP) is 3.33. The van der Waals surface area contributed by atoms with Gasteiger partial charge in [0.15, 0.2) is 11.5 Å². The summed E-state index contributed by atoms with van der Waals surface area (Å²) < 4.78 is 23.9. The van der Waals surface area contributed by atoms with E-state index in [4.69, 9.17) is 18.9 Å². The largest absolute Gasteiger partial charge is 0.493 e. The van der Waals surface area contributed by atoms with Crippen LogP contribution in [0.4, 0.5) is 17.5 Å². The Morgan fingerprint density at radius 1 is 1.13 bits per heavy atom. The molecule has 0 radical (unpaired) electrons. The lowest BCUT2D eigenvalue weighted by atomic mass is 10.2. The first-order chi connectivity index (χ1) is 14.6. The fraction of sp³-hybridized carbons (Fsp3) is 0.429. The summed E-state index contributed by atoms with van der Waals surface area (Å²) in [5.41, 5.74) is 2.56. The monoisotopic (exact) mass is 413 g/mol. The minimum Gasteiger partial charge on any atom is -0.493 e. The van der Waals surface area contributed by atoms with Crippen molar-refractivity contribution in [2.45, 2.75) is 18.9 Å². The Kier molecular flexibility index (Phi) is 5.80. The quantitative estimate of drug-likeness (QED) is 0.581. The topological polar surface area (TPSA) is 91.7 Å². The molecule has 1 fully saturated rings. The number of fused-ring (bicyclic) bond motifs is 1. The molecule has 4 rings (SSSR count). The van der Waals surface area contributed by atoms with E-state index in [-0.39, 0.29) is 6.10 Å². The molecule has 30 heavy (non-hydrogen) atoms. The molecular formula is C21H27N5O4. The van der Waals surface area contributed by atoms with E-state index in [9.17, 15) is 0 Å². The van der Waals surface area contributed by atoms with E-state index >= 15 is 0 Å². The summed E-state index contributed by atoms with van der Waals surface area (Å²) in [6.45, 7) is 1.59. The second kappa shape index (κ2) is 8.66. The second-order valence-electron chi connectivity index (χ2n) is 7.11. The van der Waals surface area contributed by atoms with Crippen LogP contribution in [-0.4, -0.2) is 55.1 Å². The van der Waals surface area contributed by atoms with E-state index in [2.05, 4.69) is 20.6 Å². The highest BCUT2D eigenvalue weighted by Crippen LogP contribution is 2.40. The lowest BCUT2D eigenvalue weighted by molar-refractivity contribution is 0.120. The van der Waals surface area contributed by atoms with Crippen LogP contribution in [0.25, 0.3) is 11.0 Å². The lowest BCUT2D eigenvalue weighted by Crippen LogP contribution is -2.20. The van der Waals surface area contributed by atoms with Crippen molar-refractivity contribution in [2.75, 3.05) is 45.1 Å². The molecule has 1 aliphatic heterocycles. The number of aryl methyl sites for hydroxylation is 1. The molecule has 1 atom stereocenters. The summed E-state index contributed by atoms with van der Waals surface area (Å²) in [5, 5.41) is 6.69. The first-order valence-electron chi connectivity index (χ1n) is 9.88. The first-order valence-corrected chi connectivity index (χ1v) is 9.88. The van der Waals surface area contributed by atoms with Gasteiger partial charge in [-0.15, -0.1) is 0 Å². The number of anilines is 3. The van der Waals surface area contributed by atoms with Gasteiger partial charge in [0, 0.05) is 44.1 Å². The van der Waals surface area contributed by atoms with Crippen molar-refractivity contribution in [3.8, 4) is 17.2 Å². The third-order valence-electron chi connectivity index (χ3n) is 5.22. The Hall–Kier alpha value is -3.20. The molecule has 3 heterocycles. The number of hydrogen-bond acceptors (Lipinski definition) is 8. The van der Waals surface area contributed by atoms with E-state index in [1.165, 1.54) is 0 Å². The molecule has 0 spiro atoms. The van der Waals surface area contributed by atoms with Gasteiger partial charge in [-0.3, -0.25) is 0 Å². The molecule has 9 nitrogen and oxygen atoms in total. The number of nitrogens with zero attached hydrogens (tertiary/aromatic N) is 3. The van der Waals surface area contributed by atoms with Crippen LogP contribution in [0.1, 0.15) is 12.8 Å². The van der Waals surface area contributed by atoms with Crippen LogP contribution in [0, 0.1) is 0 Å². The van der Waals surface area contributed by atoms with Crippen molar-refractivity contribution >= 4 is 28.5 Å². The van der Waals surface area contributed by atoms with Gasteiger partial charge in [-0.05, 0) is 12.8 Å². The Morgan fingerprint density at radius 3 is 2.53 bits per heavy atom. The smallest absolute Gasteiger partial charge is 0.203 e. The molecule has 9 heteroatoms. The summed E-state index contributed by atoms with van der Waals surface area (Å²) in [4.78, 5) is 9.14. The number of benzene rings is 1. The average Bonchev–Trinajstić information content (AvgIpc) is 3.39. The van der Waals surface area contributed by atoms with Crippen molar-refractivity contribution in [3.05, 3.63) is 24.4 Å². The number of methoxy groups -OCH3 is 3. The van der Waals surface area contributed by atoms with Gasteiger partial charge in [-0.2, -0.15) is 0 Å². The van der Waals surface area contributed by atoms with Gasteiger partial charge in [0.1, 0.15) is 11.3 Å². The normalized spacial score (nSPS) is 15.9. The molecule has 1 aliphatic rings. The zero-order valence-corrected chi connectivity index (χ0v) is 17.7. The van der Waals surface area contributed by atoms with Crippen molar-refractivity contribution < 1.29 is 18.9 Å². The molecule has 0 bridgehead atoms. The van der Waals surface area contributed by atoms with Gasteiger partial charge in [-0.1, -0.05) is 0 Å². The van der Waals surface area contributed by atoms with Crippen LogP contribution in [-0.2, 0) is 11.8 Å². The molecule has 1 saturated heterocycles. The van der Waals surface area contributed by atoms with Crippen LogP contribution in [0.5, 0.6) is 17.2 Å². The summed E-state index contributed by atoms with van der Waals surface area (Å²) in [6.07, 6.45) is 4.21. The minimum atomic E-state index is 0.250. The van der Waals surface area contributed by atoms with Gasteiger partial charge in [0.2, 0.25) is 11.7 Å². The SMILES string of the molecule is COc1cc(Nc2cc3c(cn2)nc(NCC2CCCO2)n3C)cc(OC)c1OC. The van der Waals surface area contributed by atoms with Gasteiger partial charge in [0.25, 0.3) is 0 Å². The standard InChI is InChI=1S/C21H27N5O4/c1-26-16-10-19(24-13-8-17(27-2)20(29-4)18(9-13)28-3)22-12-15(16)25-21(26)23-11-14-6-5-7-30-14/h8-10,12,14H,5-7,11H2,1-4H3,(H,22,24)(H,23,25). The number of aromatic nitrogens is 3. The van der Waals surface area contributed by atoms with Crippen LogP contribution in [0.2, 0.25) is 0 Å². The summed E-state index contributed by atoms with van der Waals surface area (Å²) >= 11 is 0. The van der Waals surface area contributed by atoms with Crippen molar-refractivity contribution in [2.24, 2.45) is 7.05 Å². The van der Waals surface area contributed by atoms with Crippen LogP contribution < -0.4 is 24.8 Å². The highest BCUT2D eigenvalue weighted by Gasteiger charge is 2.17. The predicted molar refractivity (Wildman–Crippen MR) is 115 cm³/mol. The molecule has 160 valence electrons. The van der Waals surface area contributed by atoms with E-state index in [0.29, 0.717) is 23.1 Å². The summed E-state index contributed by atoms with van der Waals surface area (Å²) in [7, 11) is 6.74. The summed E-state index contributed by atoms with van der Waals surface area (Å²) in [6, 6.07) is 5.64. The first kappa shape index (κ1) is 20.1. The van der Waals surface area contributed by atoms with E-state index in [1.54, 1.807) is 27.5 Å². The van der Waals surface area contributed by atoms with Gasteiger partial charge in [-0.25, -0.2) is 9.97 Å². The maximum atomic E-state index is 5.68. The van der Waals surface area contributed by atoms with Crippen molar-refractivity contribution in [1.29, 1.82) is 0 Å². The van der Waals surface area contributed by atoms with Gasteiger partial charge in [0.05, 0.1) is 39.1 Å². The lowest BCUT2D eigenvalue weighted by Gasteiger charge is -2.15. The number of hydrogen-bond donors (Lipinski definition) is 2. The Bertz CT molecular complexity index is 1000. The summed E-state index contributed by atoms with van der Waals surface area (Å²) in [5.74, 6) is 3.17. The molecule has 0 saturated carbocycles. The van der Waals surface area contributed by atoms with Crippen LogP contribution >= 0.6 is 0 Å². The molecule has 2 N–H and O–H groups in total. The maximum Gasteiger partial charge on any atom is 0.203 e. The van der Waals surface area contributed by atoms with E-state index in [1.807, 2.05) is 29.8 Å². The third kappa shape index (κ3) is 3.93. The molecular weight excluding hydrogens is 386 g/mol. The molecule has 3 aromatic rings. The number of rotatable bonds is 8. The maximum absolute atomic E-state index is 5.68.